The maximum atomic E-state index is 13.5. The molecule has 4 nitrogen and oxygen atoms in total. The van der Waals surface area contributed by atoms with E-state index < -0.39 is 17.5 Å². The maximum absolute atomic E-state index is 13.5. The smallest absolute Gasteiger partial charge is 0.231 e. The van der Waals surface area contributed by atoms with Crippen LogP contribution in [0.3, 0.4) is 0 Å². The summed E-state index contributed by atoms with van der Waals surface area (Å²) < 4.78 is 44.9. The van der Waals surface area contributed by atoms with E-state index in [0.717, 1.165) is 11.2 Å². The van der Waals surface area contributed by atoms with Crippen LogP contribution in [0.1, 0.15) is 4.88 Å². The van der Waals surface area contributed by atoms with Crippen molar-refractivity contribution in [3.05, 3.63) is 34.5 Å². The second-order valence-electron chi connectivity index (χ2n) is 4.43. The van der Waals surface area contributed by atoms with Gasteiger partial charge in [0.05, 0.1) is 24.2 Å². The van der Waals surface area contributed by atoms with Crippen LogP contribution in [0.5, 0.6) is 5.88 Å². The largest absolute Gasteiger partial charge is 0.480 e. The first-order chi connectivity index (χ1) is 9.92. The number of methoxy groups -OCH3 is 1. The summed E-state index contributed by atoms with van der Waals surface area (Å²) in [6.45, 7) is 0.147. The van der Waals surface area contributed by atoms with Crippen molar-refractivity contribution in [2.45, 2.75) is 6.54 Å². The number of hydrogen-bond donors (Lipinski definition) is 1. The van der Waals surface area contributed by atoms with E-state index in [1.54, 1.807) is 4.90 Å². The van der Waals surface area contributed by atoms with Crippen molar-refractivity contribution in [3.8, 4) is 5.88 Å². The predicted molar refractivity (Wildman–Crippen MR) is 76.6 cm³/mol. The van der Waals surface area contributed by atoms with E-state index in [1.807, 2.05) is 14.1 Å². The van der Waals surface area contributed by atoms with Crippen molar-refractivity contribution < 1.29 is 17.9 Å². The third kappa shape index (κ3) is 3.38. The highest BCUT2D eigenvalue weighted by molar-refractivity contribution is 7.15. The van der Waals surface area contributed by atoms with E-state index in [-0.39, 0.29) is 12.2 Å². The Labute approximate surface area is 124 Å². The third-order valence-corrected chi connectivity index (χ3v) is 3.86. The minimum atomic E-state index is -1.23. The van der Waals surface area contributed by atoms with Crippen LogP contribution >= 0.6 is 11.3 Å². The summed E-state index contributed by atoms with van der Waals surface area (Å²) in [6.07, 6.45) is 0. The minimum absolute atomic E-state index is 0.147. The lowest BCUT2D eigenvalue weighted by Gasteiger charge is -2.08. The van der Waals surface area contributed by atoms with Crippen LogP contribution in [-0.2, 0) is 6.54 Å². The fourth-order valence-corrected chi connectivity index (χ4v) is 2.54. The number of rotatable bonds is 5. The summed E-state index contributed by atoms with van der Waals surface area (Å²) in [5, 5.41) is 3.37. The van der Waals surface area contributed by atoms with Crippen LogP contribution in [0.2, 0.25) is 0 Å². The molecule has 0 aliphatic heterocycles. The summed E-state index contributed by atoms with van der Waals surface area (Å²) in [4.78, 5) is 6.74. The molecular weight excluding hydrogens is 303 g/mol. The first-order valence-corrected chi connectivity index (χ1v) is 6.83. The van der Waals surface area contributed by atoms with Crippen LogP contribution in [0.4, 0.5) is 24.0 Å². The Hall–Kier alpha value is -1.96. The lowest BCUT2D eigenvalue weighted by Crippen LogP contribution is -2.07. The first-order valence-electron chi connectivity index (χ1n) is 6.01. The van der Waals surface area contributed by atoms with Crippen molar-refractivity contribution in [3.63, 3.8) is 0 Å². The van der Waals surface area contributed by atoms with Gasteiger partial charge in [0.15, 0.2) is 16.8 Å². The number of thiazole rings is 1. The van der Waals surface area contributed by atoms with E-state index in [4.69, 9.17) is 4.74 Å². The standard InChI is InChI=1S/C13H14F3N3OS/c1-19(2)13-18-12(20-3)10(21-13)6-17-9-5-7(14)4-8(15)11(9)16/h4-5,17H,6H2,1-3H3. The van der Waals surface area contributed by atoms with Gasteiger partial charge < -0.3 is 15.0 Å². The van der Waals surface area contributed by atoms with Crippen molar-refractivity contribution in [1.82, 2.24) is 4.98 Å². The Morgan fingerprint density at radius 2 is 2.00 bits per heavy atom. The molecule has 1 aromatic heterocycles. The van der Waals surface area contributed by atoms with Gasteiger partial charge in [0, 0.05) is 26.2 Å². The van der Waals surface area contributed by atoms with E-state index in [0.29, 0.717) is 16.8 Å². The number of benzene rings is 1. The lowest BCUT2D eigenvalue weighted by atomic mass is 10.2. The molecule has 1 heterocycles. The van der Waals surface area contributed by atoms with Gasteiger partial charge in [-0.1, -0.05) is 11.3 Å². The molecule has 0 radical (unpaired) electrons. The Balaban J connectivity index is 2.20. The van der Waals surface area contributed by atoms with E-state index >= 15 is 0 Å². The molecule has 1 aromatic carbocycles. The first kappa shape index (κ1) is 15.4. The molecule has 0 spiro atoms. The Bertz CT molecular complexity index is 646. The molecule has 0 amide bonds. The monoisotopic (exact) mass is 317 g/mol. The molecule has 0 saturated heterocycles. The fraction of sp³-hybridized carbons (Fsp3) is 0.308. The highest BCUT2D eigenvalue weighted by Crippen LogP contribution is 2.31. The lowest BCUT2D eigenvalue weighted by molar-refractivity contribution is 0.397. The molecule has 0 fully saturated rings. The van der Waals surface area contributed by atoms with Crippen molar-refractivity contribution >= 4 is 22.2 Å². The zero-order valence-electron chi connectivity index (χ0n) is 11.7. The molecule has 0 bridgehead atoms. The number of ether oxygens (including phenoxy) is 1. The number of anilines is 2. The molecule has 2 aromatic rings. The van der Waals surface area contributed by atoms with Crippen LogP contribution in [-0.4, -0.2) is 26.2 Å². The summed E-state index contributed by atoms with van der Waals surface area (Å²) >= 11 is 1.34. The number of nitrogens with one attached hydrogen (secondary N) is 1. The van der Waals surface area contributed by atoms with Crippen molar-refractivity contribution in [2.24, 2.45) is 0 Å². The van der Waals surface area contributed by atoms with Crippen LogP contribution < -0.4 is 15.0 Å². The fourth-order valence-electron chi connectivity index (χ4n) is 1.65. The zero-order chi connectivity index (χ0) is 15.6. The summed E-state index contributed by atoms with van der Waals surface area (Å²) in [6, 6.07) is 1.40. The van der Waals surface area contributed by atoms with E-state index in [1.165, 1.54) is 18.4 Å². The number of nitrogens with zero attached hydrogens (tertiary/aromatic N) is 2. The quantitative estimate of drug-likeness (QED) is 0.859. The minimum Gasteiger partial charge on any atom is -0.480 e. The van der Waals surface area contributed by atoms with Gasteiger partial charge in [-0.2, -0.15) is 4.98 Å². The molecule has 0 atom stereocenters. The van der Waals surface area contributed by atoms with E-state index in [2.05, 4.69) is 10.3 Å². The van der Waals surface area contributed by atoms with Crippen LogP contribution in [0.15, 0.2) is 12.1 Å². The average molecular weight is 317 g/mol. The van der Waals surface area contributed by atoms with Gasteiger partial charge in [-0.15, -0.1) is 0 Å². The van der Waals surface area contributed by atoms with Gasteiger partial charge in [0.2, 0.25) is 5.88 Å². The molecule has 0 saturated carbocycles. The molecule has 8 heteroatoms. The van der Waals surface area contributed by atoms with E-state index in [9.17, 15) is 13.2 Å². The highest BCUT2D eigenvalue weighted by Gasteiger charge is 2.15. The maximum Gasteiger partial charge on any atom is 0.231 e. The number of aromatic nitrogens is 1. The summed E-state index contributed by atoms with van der Waals surface area (Å²) in [5.74, 6) is -2.80. The van der Waals surface area contributed by atoms with Gasteiger partial charge in [0.1, 0.15) is 5.82 Å². The molecule has 0 unspecified atom stereocenters. The highest BCUT2D eigenvalue weighted by atomic mass is 32.1. The molecule has 114 valence electrons. The summed E-state index contributed by atoms with van der Waals surface area (Å²) in [7, 11) is 5.13. The van der Waals surface area contributed by atoms with Gasteiger partial charge in [-0.05, 0) is 0 Å². The second-order valence-corrected chi connectivity index (χ2v) is 5.49. The van der Waals surface area contributed by atoms with Gasteiger partial charge in [0.25, 0.3) is 0 Å². The molecule has 1 N–H and O–H groups in total. The zero-order valence-corrected chi connectivity index (χ0v) is 12.5. The number of hydrogen-bond acceptors (Lipinski definition) is 5. The number of halogens is 3. The summed E-state index contributed by atoms with van der Waals surface area (Å²) in [5.41, 5.74) is -0.241. The average Bonchev–Trinajstić information content (AvgIpc) is 2.84. The topological polar surface area (TPSA) is 37.4 Å². The van der Waals surface area contributed by atoms with Crippen molar-refractivity contribution in [1.29, 1.82) is 0 Å². The Morgan fingerprint density at radius 1 is 1.29 bits per heavy atom. The van der Waals surface area contributed by atoms with Crippen LogP contribution in [0, 0.1) is 17.5 Å². The Morgan fingerprint density at radius 3 is 2.62 bits per heavy atom. The SMILES string of the molecule is COc1nc(N(C)C)sc1CNc1cc(F)cc(F)c1F. The third-order valence-electron chi connectivity index (χ3n) is 2.66. The second kappa shape index (κ2) is 6.21. The van der Waals surface area contributed by atoms with Crippen LogP contribution in [0.25, 0.3) is 0 Å². The van der Waals surface area contributed by atoms with Gasteiger partial charge in [-0.3, -0.25) is 0 Å². The molecule has 2 rings (SSSR count). The normalized spacial score (nSPS) is 10.6. The predicted octanol–water partition coefficient (Wildman–Crippen LogP) is 3.25. The Kier molecular flexibility index (Phi) is 4.56. The van der Waals surface area contributed by atoms with Crippen molar-refractivity contribution in [2.75, 3.05) is 31.4 Å². The molecule has 21 heavy (non-hydrogen) atoms. The molecular formula is C13H14F3N3OS. The molecule has 0 aliphatic carbocycles. The van der Waals surface area contributed by atoms with Gasteiger partial charge in [-0.25, -0.2) is 13.2 Å². The van der Waals surface area contributed by atoms with Gasteiger partial charge >= 0.3 is 0 Å². The molecule has 0 aliphatic rings.